The molecule has 3 heteroatoms. The number of rotatable bonds is 2. The summed E-state index contributed by atoms with van der Waals surface area (Å²) < 4.78 is 0. The quantitative estimate of drug-likeness (QED) is 0.635. The van der Waals surface area contributed by atoms with E-state index in [1.54, 1.807) is 0 Å². The molecule has 0 spiro atoms. The first-order valence-electron chi connectivity index (χ1n) is 6.92. The van der Waals surface area contributed by atoms with Gasteiger partial charge in [0.05, 0.1) is 0 Å². The average Bonchev–Trinajstić information content (AvgIpc) is 2.89. The van der Waals surface area contributed by atoms with Crippen molar-refractivity contribution in [2.24, 2.45) is 4.99 Å². The second kappa shape index (κ2) is 5.01. The predicted molar refractivity (Wildman–Crippen MR) is 75.1 cm³/mol. The molecule has 0 aromatic heterocycles. The molecule has 1 aromatic rings. The summed E-state index contributed by atoms with van der Waals surface area (Å²) in [6, 6.07) is 8.76. The average molecular weight is 243 g/mol. The second-order valence-corrected chi connectivity index (χ2v) is 5.22. The molecule has 0 amide bonds. The van der Waals surface area contributed by atoms with Gasteiger partial charge in [0.1, 0.15) is 0 Å². The third kappa shape index (κ3) is 2.09. The molecule has 2 aliphatic rings. The number of hydrogen-bond acceptors (Lipinski definition) is 1. The van der Waals surface area contributed by atoms with Crippen molar-refractivity contribution in [3.8, 4) is 0 Å². The lowest BCUT2D eigenvalue weighted by atomic mass is 9.78. The number of hydrogen-bond donors (Lipinski definition) is 1. The van der Waals surface area contributed by atoms with Crippen LogP contribution in [0, 0.1) is 0 Å². The van der Waals surface area contributed by atoms with Crippen molar-refractivity contribution in [2.75, 3.05) is 26.7 Å². The van der Waals surface area contributed by atoms with Crippen molar-refractivity contribution in [3.63, 3.8) is 0 Å². The summed E-state index contributed by atoms with van der Waals surface area (Å²) in [5, 5.41) is 3.53. The molecule has 3 nitrogen and oxygen atoms in total. The molecule has 96 valence electrons. The fourth-order valence-corrected chi connectivity index (χ4v) is 3.02. The lowest BCUT2D eigenvalue weighted by Crippen LogP contribution is -2.42. The molecular formula is C15H21N3. The maximum Gasteiger partial charge on any atom is 0.193 e. The maximum absolute atomic E-state index is 4.39. The minimum Gasteiger partial charge on any atom is -0.356 e. The molecule has 1 aliphatic carbocycles. The van der Waals surface area contributed by atoms with Crippen molar-refractivity contribution in [3.05, 3.63) is 35.4 Å². The SMILES string of the molecule is CN=C(NCC1Cc2ccccc21)N1CCCC1. The third-order valence-electron chi connectivity index (χ3n) is 4.09. The lowest BCUT2D eigenvalue weighted by Gasteiger charge is -2.31. The summed E-state index contributed by atoms with van der Waals surface area (Å²) in [7, 11) is 1.88. The lowest BCUT2D eigenvalue weighted by molar-refractivity contribution is 0.481. The zero-order valence-electron chi connectivity index (χ0n) is 11.0. The monoisotopic (exact) mass is 243 g/mol. The number of benzene rings is 1. The van der Waals surface area contributed by atoms with Crippen LogP contribution in [-0.2, 0) is 6.42 Å². The largest absolute Gasteiger partial charge is 0.356 e. The summed E-state index contributed by atoms with van der Waals surface area (Å²) in [4.78, 5) is 6.75. The number of nitrogens with one attached hydrogen (secondary N) is 1. The second-order valence-electron chi connectivity index (χ2n) is 5.22. The third-order valence-corrected chi connectivity index (χ3v) is 4.09. The molecule has 1 N–H and O–H groups in total. The highest BCUT2D eigenvalue weighted by Gasteiger charge is 2.26. The number of guanidine groups is 1. The van der Waals surface area contributed by atoms with Gasteiger partial charge in [0, 0.05) is 32.6 Å². The van der Waals surface area contributed by atoms with Gasteiger partial charge in [0.15, 0.2) is 5.96 Å². The van der Waals surface area contributed by atoms with Crippen LogP contribution in [0.5, 0.6) is 0 Å². The highest BCUT2D eigenvalue weighted by molar-refractivity contribution is 5.80. The zero-order valence-corrected chi connectivity index (χ0v) is 11.0. The van der Waals surface area contributed by atoms with Gasteiger partial charge >= 0.3 is 0 Å². The molecule has 1 saturated heterocycles. The molecular weight excluding hydrogens is 222 g/mol. The van der Waals surface area contributed by atoms with Crippen LogP contribution in [0.2, 0.25) is 0 Å². The summed E-state index contributed by atoms with van der Waals surface area (Å²) in [5.74, 6) is 1.75. The van der Waals surface area contributed by atoms with Crippen LogP contribution in [0.15, 0.2) is 29.3 Å². The minimum absolute atomic E-state index is 0.667. The molecule has 1 fully saturated rings. The molecule has 0 bridgehead atoms. The first-order chi connectivity index (χ1) is 8.88. The van der Waals surface area contributed by atoms with E-state index in [2.05, 4.69) is 39.5 Å². The van der Waals surface area contributed by atoms with Crippen LogP contribution >= 0.6 is 0 Å². The van der Waals surface area contributed by atoms with Gasteiger partial charge in [-0.05, 0) is 30.4 Å². The van der Waals surface area contributed by atoms with E-state index in [9.17, 15) is 0 Å². The van der Waals surface area contributed by atoms with Crippen LogP contribution < -0.4 is 5.32 Å². The van der Waals surface area contributed by atoms with Crippen LogP contribution in [0.1, 0.15) is 29.9 Å². The Bertz CT molecular complexity index is 447. The smallest absolute Gasteiger partial charge is 0.193 e. The first kappa shape index (κ1) is 11.6. The van der Waals surface area contributed by atoms with Crippen molar-refractivity contribution in [1.82, 2.24) is 10.2 Å². The Morgan fingerprint density at radius 2 is 2.11 bits per heavy atom. The van der Waals surface area contributed by atoms with Crippen LogP contribution in [0.4, 0.5) is 0 Å². The highest BCUT2D eigenvalue weighted by atomic mass is 15.3. The Morgan fingerprint density at radius 3 is 2.83 bits per heavy atom. The Labute approximate surface area is 109 Å². The van der Waals surface area contributed by atoms with Crippen molar-refractivity contribution in [2.45, 2.75) is 25.2 Å². The van der Waals surface area contributed by atoms with E-state index in [4.69, 9.17) is 0 Å². The number of fused-ring (bicyclic) bond motifs is 1. The summed E-state index contributed by atoms with van der Waals surface area (Å²) >= 11 is 0. The molecule has 0 radical (unpaired) electrons. The standard InChI is InChI=1S/C15H21N3/c1-16-15(18-8-4-5-9-18)17-11-13-10-12-6-2-3-7-14(12)13/h2-3,6-7,13H,4-5,8-11H2,1H3,(H,16,17). The summed E-state index contributed by atoms with van der Waals surface area (Å²) in [6.07, 6.45) is 3.81. The van der Waals surface area contributed by atoms with Gasteiger partial charge in [-0.3, -0.25) is 4.99 Å². The Hall–Kier alpha value is -1.51. The Morgan fingerprint density at radius 1 is 1.33 bits per heavy atom. The Balaban J connectivity index is 1.56. The zero-order chi connectivity index (χ0) is 12.4. The minimum atomic E-state index is 0.667. The molecule has 0 saturated carbocycles. The number of nitrogens with zero attached hydrogens (tertiary/aromatic N) is 2. The predicted octanol–water partition coefficient (Wildman–Crippen LogP) is 2.00. The van der Waals surface area contributed by atoms with E-state index in [1.165, 1.54) is 30.4 Å². The number of likely N-dealkylation sites (tertiary alicyclic amines) is 1. The van der Waals surface area contributed by atoms with E-state index < -0.39 is 0 Å². The van der Waals surface area contributed by atoms with Gasteiger partial charge in [-0.1, -0.05) is 24.3 Å². The van der Waals surface area contributed by atoms with Gasteiger partial charge in [0.25, 0.3) is 0 Å². The van der Waals surface area contributed by atoms with E-state index >= 15 is 0 Å². The normalized spacial score (nSPS) is 22.6. The highest BCUT2D eigenvalue weighted by Crippen LogP contribution is 2.34. The number of aliphatic imine (C=N–C) groups is 1. The maximum atomic E-state index is 4.39. The van der Waals surface area contributed by atoms with Gasteiger partial charge in [-0.2, -0.15) is 0 Å². The van der Waals surface area contributed by atoms with E-state index in [1.807, 2.05) is 7.05 Å². The first-order valence-corrected chi connectivity index (χ1v) is 6.92. The Kier molecular flexibility index (Phi) is 3.22. The van der Waals surface area contributed by atoms with Crippen molar-refractivity contribution >= 4 is 5.96 Å². The summed E-state index contributed by atoms with van der Waals surface area (Å²) in [6.45, 7) is 3.32. The molecule has 1 unspecified atom stereocenters. The topological polar surface area (TPSA) is 27.6 Å². The molecule has 18 heavy (non-hydrogen) atoms. The molecule has 1 atom stereocenters. The van der Waals surface area contributed by atoms with Crippen molar-refractivity contribution in [1.29, 1.82) is 0 Å². The summed E-state index contributed by atoms with van der Waals surface area (Å²) in [5.41, 5.74) is 3.03. The van der Waals surface area contributed by atoms with E-state index in [-0.39, 0.29) is 0 Å². The fraction of sp³-hybridized carbons (Fsp3) is 0.533. The molecule has 1 aliphatic heterocycles. The van der Waals surface area contributed by atoms with Gasteiger partial charge in [-0.15, -0.1) is 0 Å². The van der Waals surface area contributed by atoms with Gasteiger partial charge in [0.2, 0.25) is 0 Å². The van der Waals surface area contributed by atoms with E-state index in [0.717, 1.165) is 25.6 Å². The van der Waals surface area contributed by atoms with Crippen LogP contribution in [0.25, 0.3) is 0 Å². The van der Waals surface area contributed by atoms with Gasteiger partial charge < -0.3 is 10.2 Å². The molecule has 1 heterocycles. The van der Waals surface area contributed by atoms with Crippen molar-refractivity contribution < 1.29 is 0 Å². The van der Waals surface area contributed by atoms with E-state index in [0.29, 0.717) is 5.92 Å². The molecule has 3 rings (SSSR count). The fourth-order valence-electron chi connectivity index (χ4n) is 3.02. The van der Waals surface area contributed by atoms with Crippen LogP contribution in [-0.4, -0.2) is 37.5 Å². The van der Waals surface area contributed by atoms with Crippen LogP contribution in [0.3, 0.4) is 0 Å². The van der Waals surface area contributed by atoms with Gasteiger partial charge in [-0.25, -0.2) is 0 Å². The molecule has 1 aromatic carbocycles.